The molecular formula is C18H25N5O4S2. The van der Waals surface area contributed by atoms with Crippen molar-refractivity contribution in [2.24, 2.45) is 10.3 Å². The number of hydrogen-bond donors (Lipinski definition) is 3. The van der Waals surface area contributed by atoms with Crippen LogP contribution in [0.2, 0.25) is 0 Å². The molecule has 0 bridgehead atoms. The van der Waals surface area contributed by atoms with Gasteiger partial charge in [-0.3, -0.25) is 0 Å². The predicted molar refractivity (Wildman–Crippen MR) is 113 cm³/mol. The van der Waals surface area contributed by atoms with Crippen LogP contribution in [0.5, 0.6) is 0 Å². The Hall–Kier alpha value is -2.18. The number of rotatable bonds is 6. The smallest absolute Gasteiger partial charge is 0.240 e. The number of hydrogen-bond acceptors (Lipinski definition) is 7. The fraction of sp³-hybridized carbons (Fsp3) is 0.333. The molecule has 158 valence electrons. The van der Waals surface area contributed by atoms with Crippen molar-refractivity contribution in [3.05, 3.63) is 48.0 Å². The molecule has 0 saturated carbocycles. The lowest BCUT2D eigenvalue weighted by Gasteiger charge is -2.35. The SMILES string of the molecule is CN1CCN(c2cc(NCc3ccccc3)c(S(N)(=O)=O)cc2S(N)(=O)=O)CC1. The molecule has 2 aromatic carbocycles. The summed E-state index contributed by atoms with van der Waals surface area (Å²) in [7, 11) is -6.37. The van der Waals surface area contributed by atoms with Gasteiger partial charge in [0.25, 0.3) is 0 Å². The Morgan fingerprint density at radius 3 is 2.03 bits per heavy atom. The molecule has 11 heteroatoms. The number of nitrogens with one attached hydrogen (secondary N) is 1. The van der Waals surface area contributed by atoms with Crippen LogP contribution in [0.4, 0.5) is 11.4 Å². The van der Waals surface area contributed by atoms with Gasteiger partial charge >= 0.3 is 0 Å². The number of nitrogens with two attached hydrogens (primary N) is 2. The molecule has 0 atom stereocenters. The summed E-state index contributed by atoms with van der Waals surface area (Å²) in [5, 5.41) is 13.8. The van der Waals surface area contributed by atoms with E-state index < -0.39 is 20.0 Å². The fourth-order valence-corrected chi connectivity index (χ4v) is 4.79. The molecule has 0 aromatic heterocycles. The van der Waals surface area contributed by atoms with Crippen LogP contribution in [-0.4, -0.2) is 55.0 Å². The molecule has 0 aliphatic carbocycles. The number of benzene rings is 2. The van der Waals surface area contributed by atoms with E-state index in [1.165, 1.54) is 6.07 Å². The summed E-state index contributed by atoms with van der Waals surface area (Å²) < 4.78 is 48.7. The lowest BCUT2D eigenvalue weighted by atomic mass is 10.2. The highest BCUT2D eigenvalue weighted by atomic mass is 32.2. The highest BCUT2D eigenvalue weighted by Crippen LogP contribution is 2.34. The maximum atomic E-state index is 12.2. The minimum Gasteiger partial charge on any atom is -0.380 e. The van der Waals surface area contributed by atoms with Gasteiger partial charge in [-0.1, -0.05) is 30.3 Å². The van der Waals surface area contributed by atoms with Crippen molar-refractivity contribution >= 4 is 31.4 Å². The number of sulfonamides is 2. The zero-order chi connectivity index (χ0) is 21.2. The summed E-state index contributed by atoms with van der Waals surface area (Å²) >= 11 is 0. The second-order valence-electron chi connectivity index (χ2n) is 7.04. The summed E-state index contributed by atoms with van der Waals surface area (Å²) in [6.45, 7) is 3.01. The van der Waals surface area contributed by atoms with Crippen molar-refractivity contribution in [3.8, 4) is 0 Å². The molecule has 1 saturated heterocycles. The quantitative estimate of drug-likeness (QED) is 0.590. The maximum absolute atomic E-state index is 12.2. The summed E-state index contributed by atoms with van der Waals surface area (Å²) in [6.07, 6.45) is 0. The molecule has 1 fully saturated rings. The number of nitrogens with zero attached hydrogens (tertiary/aromatic N) is 2. The van der Waals surface area contributed by atoms with E-state index in [0.29, 0.717) is 25.3 Å². The summed E-state index contributed by atoms with van der Waals surface area (Å²) in [5.74, 6) is 0. The van der Waals surface area contributed by atoms with Crippen LogP contribution >= 0.6 is 0 Å². The average Bonchev–Trinajstić information content (AvgIpc) is 2.65. The van der Waals surface area contributed by atoms with Gasteiger partial charge < -0.3 is 15.1 Å². The Labute approximate surface area is 171 Å². The molecule has 3 rings (SSSR count). The van der Waals surface area contributed by atoms with E-state index >= 15 is 0 Å². The van der Waals surface area contributed by atoms with Gasteiger partial charge in [0.05, 0.1) is 11.4 Å². The number of piperazine rings is 1. The Balaban J connectivity index is 2.08. The fourth-order valence-electron chi connectivity index (χ4n) is 3.24. The normalized spacial score (nSPS) is 16.0. The zero-order valence-electron chi connectivity index (χ0n) is 16.1. The third-order valence-corrected chi connectivity index (χ3v) is 6.73. The van der Waals surface area contributed by atoms with Gasteiger partial charge in [0.2, 0.25) is 20.0 Å². The van der Waals surface area contributed by atoms with E-state index in [2.05, 4.69) is 10.2 Å². The molecule has 0 unspecified atom stereocenters. The Bertz CT molecular complexity index is 1080. The van der Waals surface area contributed by atoms with Gasteiger partial charge in [0.15, 0.2) is 0 Å². The van der Waals surface area contributed by atoms with Crippen molar-refractivity contribution < 1.29 is 16.8 Å². The van der Waals surface area contributed by atoms with Gasteiger partial charge in [-0.25, -0.2) is 27.1 Å². The second-order valence-corrected chi connectivity index (χ2v) is 10.1. The Morgan fingerprint density at radius 1 is 0.897 bits per heavy atom. The maximum Gasteiger partial charge on any atom is 0.240 e. The van der Waals surface area contributed by atoms with Gasteiger partial charge in [-0.05, 0) is 24.7 Å². The standard InChI is InChI=1S/C18H25N5O4S2/c1-22-7-9-23(10-8-22)16-11-15(21-13-14-5-3-2-4-6-14)17(28(19,24)25)12-18(16)29(20,26)27/h2-6,11-12,21H,7-10,13H2,1H3,(H2,19,24,25)(H2,20,26,27). The van der Waals surface area contributed by atoms with Gasteiger partial charge in [-0.15, -0.1) is 0 Å². The first kappa shape index (κ1) is 21.5. The first-order valence-electron chi connectivity index (χ1n) is 9.00. The topological polar surface area (TPSA) is 139 Å². The van der Waals surface area contributed by atoms with E-state index in [9.17, 15) is 16.8 Å². The molecule has 0 spiro atoms. The predicted octanol–water partition coefficient (Wildman–Crippen LogP) is 0.345. The molecule has 5 N–H and O–H groups in total. The van der Waals surface area contributed by atoms with Crippen molar-refractivity contribution in [1.29, 1.82) is 0 Å². The average molecular weight is 440 g/mol. The molecular weight excluding hydrogens is 414 g/mol. The van der Waals surface area contributed by atoms with Crippen LogP contribution in [0, 0.1) is 0 Å². The van der Waals surface area contributed by atoms with E-state index in [1.54, 1.807) is 0 Å². The Kier molecular flexibility index (Phi) is 6.15. The zero-order valence-corrected chi connectivity index (χ0v) is 17.7. The lowest BCUT2D eigenvalue weighted by molar-refractivity contribution is 0.312. The summed E-state index contributed by atoms with van der Waals surface area (Å²) in [4.78, 5) is 3.45. The minimum absolute atomic E-state index is 0.234. The van der Waals surface area contributed by atoms with Crippen LogP contribution in [-0.2, 0) is 26.6 Å². The third kappa shape index (κ3) is 5.25. The Morgan fingerprint density at radius 2 is 1.48 bits per heavy atom. The molecule has 0 radical (unpaired) electrons. The molecule has 9 nitrogen and oxygen atoms in total. The lowest BCUT2D eigenvalue weighted by Crippen LogP contribution is -2.45. The molecule has 0 amide bonds. The first-order chi connectivity index (χ1) is 13.6. The third-order valence-electron chi connectivity index (χ3n) is 4.84. The van der Waals surface area contributed by atoms with Crippen molar-refractivity contribution in [3.63, 3.8) is 0 Å². The molecule has 1 aliphatic rings. The van der Waals surface area contributed by atoms with Gasteiger partial charge in [0.1, 0.15) is 9.79 Å². The van der Waals surface area contributed by atoms with E-state index in [4.69, 9.17) is 10.3 Å². The molecule has 1 heterocycles. The number of likely N-dealkylation sites (N-methyl/N-ethyl adjacent to an activating group) is 1. The van der Waals surface area contributed by atoms with Crippen LogP contribution in [0.15, 0.2) is 52.3 Å². The van der Waals surface area contributed by atoms with Crippen LogP contribution in [0.25, 0.3) is 0 Å². The van der Waals surface area contributed by atoms with Gasteiger partial charge in [0, 0.05) is 32.7 Å². The molecule has 2 aromatic rings. The van der Waals surface area contributed by atoms with Crippen molar-refractivity contribution in [2.75, 3.05) is 43.4 Å². The second kappa shape index (κ2) is 8.28. The largest absolute Gasteiger partial charge is 0.380 e. The van der Waals surface area contributed by atoms with Crippen molar-refractivity contribution in [2.45, 2.75) is 16.3 Å². The van der Waals surface area contributed by atoms with E-state index in [0.717, 1.165) is 24.7 Å². The van der Waals surface area contributed by atoms with E-state index in [-0.39, 0.29) is 15.5 Å². The summed E-state index contributed by atoms with van der Waals surface area (Å²) in [5.41, 5.74) is 1.53. The van der Waals surface area contributed by atoms with Crippen LogP contribution in [0.3, 0.4) is 0 Å². The van der Waals surface area contributed by atoms with E-state index in [1.807, 2.05) is 42.3 Å². The van der Waals surface area contributed by atoms with Gasteiger partial charge in [-0.2, -0.15) is 0 Å². The molecule has 29 heavy (non-hydrogen) atoms. The summed E-state index contributed by atoms with van der Waals surface area (Å²) in [6, 6.07) is 12.0. The van der Waals surface area contributed by atoms with Crippen molar-refractivity contribution in [1.82, 2.24) is 4.90 Å². The van der Waals surface area contributed by atoms with Crippen LogP contribution in [0.1, 0.15) is 5.56 Å². The highest BCUT2D eigenvalue weighted by molar-refractivity contribution is 7.90. The number of anilines is 2. The number of primary sulfonamides is 2. The first-order valence-corrected chi connectivity index (χ1v) is 12.1. The minimum atomic E-state index is -4.19. The van der Waals surface area contributed by atoms with Crippen LogP contribution < -0.4 is 20.5 Å². The molecule has 1 aliphatic heterocycles. The highest BCUT2D eigenvalue weighted by Gasteiger charge is 2.27. The monoisotopic (exact) mass is 439 g/mol.